The van der Waals surface area contributed by atoms with Crippen molar-refractivity contribution in [2.75, 3.05) is 23.7 Å². The Labute approximate surface area is 203 Å². The Morgan fingerprint density at radius 1 is 1.06 bits per heavy atom. The fourth-order valence-electron chi connectivity index (χ4n) is 2.98. The second kappa shape index (κ2) is 11.2. The van der Waals surface area contributed by atoms with Gasteiger partial charge in [-0.2, -0.15) is 0 Å². The van der Waals surface area contributed by atoms with Gasteiger partial charge in [0.15, 0.2) is 0 Å². The number of carbonyl (C=O) groups is 2. The van der Waals surface area contributed by atoms with Crippen LogP contribution in [0.1, 0.15) is 19.4 Å². The molecular formula is C21H24Cl3N3O4S. The number of likely N-dealkylation sites (N-methyl/N-ethyl adjacent to an activating group) is 1. The monoisotopic (exact) mass is 519 g/mol. The van der Waals surface area contributed by atoms with Crippen LogP contribution in [0.4, 0.5) is 5.69 Å². The lowest BCUT2D eigenvalue weighted by Crippen LogP contribution is -2.51. The van der Waals surface area contributed by atoms with Crippen LogP contribution in [0, 0.1) is 0 Å². The number of rotatable bonds is 9. The van der Waals surface area contributed by atoms with Crippen LogP contribution >= 0.6 is 34.8 Å². The van der Waals surface area contributed by atoms with E-state index in [1.807, 2.05) is 0 Å². The van der Waals surface area contributed by atoms with Gasteiger partial charge in [0.1, 0.15) is 12.6 Å². The van der Waals surface area contributed by atoms with Crippen molar-refractivity contribution in [3.63, 3.8) is 0 Å². The largest absolute Gasteiger partial charge is 0.355 e. The number of sulfonamides is 1. The maximum Gasteiger partial charge on any atom is 0.244 e. The molecule has 11 heteroatoms. The predicted molar refractivity (Wildman–Crippen MR) is 129 cm³/mol. The summed E-state index contributed by atoms with van der Waals surface area (Å²) in [5.74, 6) is -0.959. The molecule has 0 radical (unpaired) electrons. The van der Waals surface area contributed by atoms with Gasteiger partial charge in [-0.3, -0.25) is 13.9 Å². The first-order chi connectivity index (χ1) is 14.9. The summed E-state index contributed by atoms with van der Waals surface area (Å²) in [6.45, 7) is 3.17. The van der Waals surface area contributed by atoms with Crippen molar-refractivity contribution < 1.29 is 18.0 Å². The van der Waals surface area contributed by atoms with Crippen molar-refractivity contribution in [2.24, 2.45) is 0 Å². The minimum absolute atomic E-state index is 0.0136. The molecule has 2 rings (SSSR count). The van der Waals surface area contributed by atoms with E-state index >= 15 is 0 Å². The summed E-state index contributed by atoms with van der Waals surface area (Å²) in [5.41, 5.74) is 0.803. The molecule has 0 saturated heterocycles. The molecule has 0 fully saturated rings. The van der Waals surface area contributed by atoms with Crippen LogP contribution in [-0.4, -0.2) is 50.5 Å². The van der Waals surface area contributed by atoms with Gasteiger partial charge in [-0.1, -0.05) is 46.9 Å². The van der Waals surface area contributed by atoms with E-state index in [4.69, 9.17) is 34.8 Å². The maximum absolute atomic E-state index is 13.3. The number of nitrogens with zero attached hydrogens (tertiary/aromatic N) is 2. The summed E-state index contributed by atoms with van der Waals surface area (Å²) in [7, 11) is -3.82. The third-order valence-corrected chi connectivity index (χ3v) is 6.61. The van der Waals surface area contributed by atoms with E-state index in [2.05, 4.69) is 5.32 Å². The van der Waals surface area contributed by atoms with E-state index in [9.17, 15) is 18.0 Å². The van der Waals surface area contributed by atoms with Gasteiger partial charge in [0.25, 0.3) is 0 Å². The Morgan fingerprint density at radius 2 is 1.72 bits per heavy atom. The van der Waals surface area contributed by atoms with Crippen molar-refractivity contribution >= 4 is 62.3 Å². The molecule has 0 spiro atoms. The number of nitrogens with one attached hydrogen (secondary N) is 1. The number of amides is 2. The van der Waals surface area contributed by atoms with Gasteiger partial charge in [-0.15, -0.1) is 0 Å². The third-order valence-electron chi connectivity index (χ3n) is 4.65. The lowest BCUT2D eigenvalue weighted by molar-refractivity contribution is -0.139. The van der Waals surface area contributed by atoms with Gasteiger partial charge in [-0.25, -0.2) is 8.42 Å². The summed E-state index contributed by atoms with van der Waals surface area (Å²) in [6.07, 6.45) is 0.995. The van der Waals surface area contributed by atoms with Gasteiger partial charge < -0.3 is 10.2 Å². The fourth-order valence-corrected chi connectivity index (χ4v) is 4.48. The first-order valence-electron chi connectivity index (χ1n) is 9.68. The van der Waals surface area contributed by atoms with Crippen LogP contribution in [0.3, 0.4) is 0 Å². The topological polar surface area (TPSA) is 86.8 Å². The number of carbonyl (C=O) groups excluding carboxylic acids is 2. The summed E-state index contributed by atoms with van der Waals surface area (Å²) >= 11 is 18.2. The predicted octanol–water partition coefficient (Wildman–Crippen LogP) is 3.97. The number of hydrogen-bond donors (Lipinski definition) is 1. The van der Waals surface area contributed by atoms with Crippen LogP contribution in [0.2, 0.25) is 15.1 Å². The number of benzene rings is 2. The zero-order valence-corrected chi connectivity index (χ0v) is 20.9. The van der Waals surface area contributed by atoms with Crippen molar-refractivity contribution in [3.8, 4) is 0 Å². The van der Waals surface area contributed by atoms with Crippen molar-refractivity contribution in [2.45, 2.75) is 26.4 Å². The summed E-state index contributed by atoms with van der Waals surface area (Å²) in [4.78, 5) is 27.1. The average Bonchev–Trinajstić information content (AvgIpc) is 2.70. The number of hydrogen-bond acceptors (Lipinski definition) is 4. The number of halogens is 3. The van der Waals surface area contributed by atoms with Crippen molar-refractivity contribution in [1.82, 2.24) is 10.2 Å². The van der Waals surface area contributed by atoms with Gasteiger partial charge in [0.2, 0.25) is 21.8 Å². The van der Waals surface area contributed by atoms with Crippen LogP contribution < -0.4 is 9.62 Å². The molecule has 0 aliphatic rings. The minimum atomic E-state index is -3.82. The van der Waals surface area contributed by atoms with E-state index in [1.165, 1.54) is 23.1 Å². The van der Waals surface area contributed by atoms with E-state index in [1.54, 1.807) is 38.1 Å². The molecule has 1 atom stereocenters. The summed E-state index contributed by atoms with van der Waals surface area (Å²) in [5, 5.41) is 3.76. The molecule has 0 aromatic heterocycles. The SMILES string of the molecule is CCNC(=O)[C@H](C)N(Cc1ccc(Cl)cc1Cl)C(=O)CN(c1cccc(Cl)c1)S(C)(=O)=O. The summed E-state index contributed by atoms with van der Waals surface area (Å²) < 4.78 is 25.9. The Bertz CT molecular complexity index is 1100. The van der Waals surface area contributed by atoms with Crippen LogP contribution in [0.25, 0.3) is 0 Å². The molecule has 32 heavy (non-hydrogen) atoms. The van der Waals surface area contributed by atoms with Gasteiger partial charge in [0, 0.05) is 28.2 Å². The molecule has 0 bridgehead atoms. The van der Waals surface area contributed by atoms with E-state index < -0.39 is 28.5 Å². The quantitative estimate of drug-likeness (QED) is 0.542. The summed E-state index contributed by atoms with van der Waals surface area (Å²) in [6, 6.07) is 10.1. The van der Waals surface area contributed by atoms with Crippen molar-refractivity contribution in [1.29, 1.82) is 0 Å². The molecule has 2 aromatic rings. The van der Waals surface area contributed by atoms with E-state index in [0.29, 0.717) is 27.2 Å². The van der Waals surface area contributed by atoms with Gasteiger partial charge in [0.05, 0.1) is 11.9 Å². The molecule has 0 unspecified atom stereocenters. The molecule has 0 aliphatic heterocycles. The first kappa shape index (κ1) is 26.3. The number of anilines is 1. The molecule has 0 heterocycles. The Kier molecular flexibility index (Phi) is 9.21. The second-order valence-electron chi connectivity index (χ2n) is 7.08. The first-order valence-corrected chi connectivity index (χ1v) is 12.7. The second-order valence-corrected chi connectivity index (χ2v) is 10.3. The van der Waals surface area contributed by atoms with Crippen molar-refractivity contribution in [3.05, 3.63) is 63.1 Å². The highest BCUT2D eigenvalue weighted by atomic mass is 35.5. The standard InChI is InChI=1S/C21H24Cl3N3O4S/c1-4-25-21(29)14(2)26(12-15-8-9-17(23)11-19(15)24)20(28)13-27(32(3,30)31)18-7-5-6-16(22)10-18/h5-11,14H,4,12-13H2,1-3H3,(H,25,29)/t14-/m0/s1. The Hall–Kier alpha value is -2.00. The lowest BCUT2D eigenvalue weighted by atomic mass is 10.1. The van der Waals surface area contributed by atoms with E-state index in [0.717, 1.165) is 10.6 Å². The molecule has 0 aliphatic carbocycles. The molecule has 2 amide bonds. The van der Waals surface area contributed by atoms with Crippen LogP contribution in [0.15, 0.2) is 42.5 Å². The Balaban J connectivity index is 2.41. The molecule has 1 N–H and O–H groups in total. The molecule has 7 nitrogen and oxygen atoms in total. The van der Waals surface area contributed by atoms with Crippen LogP contribution in [0.5, 0.6) is 0 Å². The van der Waals surface area contributed by atoms with Gasteiger partial charge in [-0.05, 0) is 49.7 Å². The molecule has 2 aromatic carbocycles. The maximum atomic E-state index is 13.3. The highest BCUT2D eigenvalue weighted by Gasteiger charge is 2.30. The van der Waals surface area contributed by atoms with Crippen LogP contribution in [-0.2, 0) is 26.2 Å². The highest BCUT2D eigenvalue weighted by Crippen LogP contribution is 2.25. The minimum Gasteiger partial charge on any atom is -0.355 e. The highest BCUT2D eigenvalue weighted by molar-refractivity contribution is 7.92. The molecule has 174 valence electrons. The lowest BCUT2D eigenvalue weighted by Gasteiger charge is -2.31. The zero-order chi connectivity index (χ0) is 24.1. The smallest absolute Gasteiger partial charge is 0.244 e. The van der Waals surface area contributed by atoms with E-state index in [-0.39, 0.29) is 18.1 Å². The average molecular weight is 521 g/mol. The Morgan fingerprint density at radius 3 is 2.28 bits per heavy atom. The third kappa shape index (κ3) is 7.00. The molecular weight excluding hydrogens is 497 g/mol. The molecule has 0 saturated carbocycles. The normalized spacial score (nSPS) is 12.2. The van der Waals surface area contributed by atoms with Gasteiger partial charge >= 0.3 is 0 Å². The fraction of sp³-hybridized carbons (Fsp3) is 0.333. The zero-order valence-electron chi connectivity index (χ0n) is 17.8.